The summed E-state index contributed by atoms with van der Waals surface area (Å²) in [4.78, 5) is 21.1. The fourth-order valence-electron chi connectivity index (χ4n) is 0.704. The van der Waals surface area contributed by atoms with Crippen LogP contribution >= 0.6 is 0 Å². The van der Waals surface area contributed by atoms with Crippen LogP contribution in [0, 0.1) is 0 Å². The van der Waals surface area contributed by atoms with Crippen LogP contribution in [-0.4, -0.2) is 45.0 Å². The second-order valence-corrected chi connectivity index (χ2v) is 2.63. The fraction of sp³-hybridized carbons (Fsp3) is 0.750. The van der Waals surface area contributed by atoms with Crippen LogP contribution in [0.5, 0.6) is 0 Å². The number of hydrogen-bond donors (Lipinski definition) is 2. The molecule has 0 spiro atoms. The first-order valence-electron chi connectivity index (χ1n) is 4.14. The Labute approximate surface area is 77.8 Å². The van der Waals surface area contributed by atoms with Crippen molar-refractivity contribution in [1.82, 2.24) is 10.6 Å². The summed E-state index contributed by atoms with van der Waals surface area (Å²) in [6.45, 7) is 3.41. The minimum Gasteiger partial charge on any atom is -0.468 e. The van der Waals surface area contributed by atoms with Crippen molar-refractivity contribution in [2.75, 3.05) is 33.3 Å². The zero-order valence-corrected chi connectivity index (χ0v) is 8.05. The molecule has 0 heterocycles. The van der Waals surface area contributed by atoms with Gasteiger partial charge in [-0.25, -0.2) is 0 Å². The summed E-state index contributed by atoms with van der Waals surface area (Å²) in [6, 6.07) is 0. The molecule has 0 aromatic carbocycles. The summed E-state index contributed by atoms with van der Waals surface area (Å²) in [5.74, 6) is -0.181. The van der Waals surface area contributed by atoms with Gasteiger partial charge in [0.25, 0.3) is 0 Å². The Balaban J connectivity index is 3.08. The van der Waals surface area contributed by atoms with E-state index in [4.69, 9.17) is 0 Å². The highest BCUT2D eigenvalue weighted by molar-refractivity contribution is 5.77. The average Bonchev–Trinajstić information content (AvgIpc) is 2.10. The van der Waals surface area contributed by atoms with Gasteiger partial charge in [-0.2, -0.15) is 0 Å². The number of carbonyl (C=O) groups excluding carboxylic acids is 2. The summed E-state index contributed by atoms with van der Waals surface area (Å²) in [5.41, 5.74) is 0. The number of ether oxygens (including phenoxy) is 1. The van der Waals surface area contributed by atoms with Crippen molar-refractivity contribution in [1.29, 1.82) is 0 Å². The van der Waals surface area contributed by atoms with Crippen LogP contribution in [0.4, 0.5) is 0 Å². The Morgan fingerprint density at radius 2 is 1.69 bits per heavy atom. The zero-order valence-electron chi connectivity index (χ0n) is 8.05. The maximum absolute atomic E-state index is 10.6. The molecule has 5 nitrogen and oxygen atoms in total. The highest BCUT2D eigenvalue weighted by atomic mass is 16.5. The van der Waals surface area contributed by atoms with Gasteiger partial charge >= 0.3 is 5.97 Å². The maximum atomic E-state index is 10.6. The molecule has 0 fully saturated rings. The monoisotopic (exact) mass is 188 g/mol. The van der Waals surface area contributed by atoms with Gasteiger partial charge in [0.2, 0.25) is 0 Å². The molecule has 5 heteroatoms. The molecule has 0 aromatic rings. The summed E-state index contributed by atoms with van der Waals surface area (Å²) in [6.07, 6.45) is 0. The van der Waals surface area contributed by atoms with Gasteiger partial charge in [-0.1, -0.05) is 0 Å². The fourth-order valence-corrected chi connectivity index (χ4v) is 0.704. The number of ketones is 1. The lowest BCUT2D eigenvalue weighted by Crippen LogP contribution is -2.33. The number of Topliss-reactive ketones (excluding diaryl/α,β-unsaturated/α-hetero) is 1. The molecule has 0 bridgehead atoms. The van der Waals surface area contributed by atoms with E-state index >= 15 is 0 Å². The first-order chi connectivity index (χ1) is 6.16. The number of methoxy groups -OCH3 is 1. The molecule has 0 atom stereocenters. The normalized spacial score (nSPS) is 9.69. The Morgan fingerprint density at radius 3 is 2.15 bits per heavy atom. The first-order valence-corrected chi connectivity index (χ1v) is 4.14. The lowest BCUT2D eigenvalue weighted by atomic mass is 10.4. The molecule has 13 heavy (non-hydrogen) atoms. The van der Waals surface area contributed by atoms with E-state index in [0.29, 0.717) is 19.6 Å². The molecule has 0 aromatic heterocycles. The van der Waals surface area contributed by atoms with Crippen molar-refractivity contribution in [2.45, 2.75) is 6.92 Å². The van der Waals surface area contributed by atoms with Crippen molar-refractivity contribution >= 4 is 11.8 Å². The molecule has 0 saturated carbocycles. The average molecular weight is 188 g/mol. The summed E-state index contributed by atoms with van der Waals surface area (Å²) >= 11 is 0. The lowest BCUT2D eigenvalue weighted by molar-refractivity contribution is -0.139. The third kappa shape index (κ3) is 8.97. The highest BCUT2D eigenvalue weighted by Crippen LogP contribution is 1.69. The molecule has 0 radical (unpaired) electrons. The van der Waals surface area contributed by atoms with Gasteiger partial charge < -0.3 is 15.4 Å². The largest absolute Gasteiger partial charge is 0.468 e. The van der Waals surface area contributed by atoms with Crippen molar-refractivity contribution in [3.05, 3.63) is 0 Å². The van der Waals surface area contributed by atoms with Gasteiger partial charge in [0, 0.05) is 13.1 Å². The zero-order chi connectivity index (χ0) is 10.1. The highest BCUT2D eigenvalue weighted by Gasteiger charge is 1.97. The van der Waals surface area contributed by atoms with Gasteiger partial charge in [0.1, 0.15) is 5.78 Å². The van der Waals surface area contributed by atoms with E-state index in [1.807, 2.05) is 0 Å². The van der Waals surface area contributed by atoms with E-state index in [9.17, 15) is 9.59 Å². The van der Waals surface area contributed by atoms with Crippen LogP contribution in [0.3, 0.4) is 0 Å². The van der Waals surface area contributed by atoms with E-state index in [0.717, 1.165) is 0 Å². The molecule has 0 amide bonds. The summed E-state index contributed by atoms with van der Waals surface area (Å²) < 4.78 is 4.42. The first kappa shape index (κ1) is 12.1. The van der Waals surface area contributed by atoms with E-state index in [1.165, 1.54) is 14.0 Å². The molecule has 0 rings (SSSR count). The standard InChI is InChI=1S/C8H16N2O3/c1-7(11)5-9-3-4-10-6-8(12)13-2/h9-10H,3-6H2,1-2H3. The topological polar surface area (TPSA) is 67.4 Å². The number of nitrogens with one attached hydrogen (secondary N) is 2. The number of hydrogen-bond acceptors (Lipinski definition) is 5. The van der Waals surface area contributed by atoms with Crippen molar-refractivity contribution in [3.63, 3.8) is 0 Å². The SMILES string of the molecule is COC(=O)CNCCNCC(C)=O. The molecule has 0 saturated heterocycles. The summed E-state index contributed by atoms with van der Waals surface area (Å²) in [7, 11) is 1.35. The molecule has 0 aliphatic carbocycles. The third-order valence-electron chi connectivity index (χ3n) is 1.35. The molecule has 0 unspecified atom stereocenters. The minimum absolute atomic E-state index is 0.105. The second kappa shape index (κ2) is 7.70. The molecule has 0 aliphatic rings. The Kier molecular flexibility index (Phi) is 7.14. The molecule has 76 valence electrons. The van der Waals surface area contributed by atoms with Gasteiger partial charge in [-0.3, -0.25) is 9.59 Å². The van der Waals surface area contributed by atoms with Gasteiger partial charge in [0.15, 0.2) is 0 Å². The molecular formula is C8H16N2O3. The second-order valence-electron chi connectivity index (χ2n) is 2.63. The van der Waals surface area contributed by atoms with Crippen LogP contribution in [-0.2, 0) is 14.3 Å². The Bertz CT molecular complexity index is 171. The van der Waals surface area contributed by atoms with Crippen LogP contribution < -0.4 is 10.6 Å². The predicted octanol–water partition coefficient (Wildman–Crippen LogP) is -1.07. The van der Waals surface area contributed by atoms with Crippen LogP contribution in [0.15, 0.2) is 0 Å². The van der Waals surface area contributed by atoms with Crippen molar-refractivity contribution in [2.24, 2.45) is 0 Å². The van der Waals surface area contributed by atoms with Crippen LogP contribution in [0.25, 0.3) is 0 Å². The Hall–Kier alpha value is -0.940. The molecular weight excluding hydrogens is 172 g/mol. The maximum Gasteiger partial charge on any atom is 0.319 e. The van der Waals surface area contributed by atoms with E-state index in [1.54, 1.807) is 0 Å². The van der Waals surface area contributed by atoms with E-state index in [-0.39, 0.29) is 18.3 Å². The van der Waals surface area contributed by atoms with Crippen molar-refractivity contribution in [3.8, 4) is 0 Å². The molecule has 0 aliphatic heterocycles. The number of carbonyl (C=O) groups is 2. The third-order valence-corrected chi connectivity index (χ3v) is 1.35. The van der Waals surface area contributed by atoms with Gasteiger partial charge in [-0.15, -0.1) is 0 Å². The number of rotatable bonds is 7. The Morgan fingerprint density at radius 1 is 1.15 bits per heavy atom. The van der Waals surface area contributed by atoms with E-state index < -0.39 is 0 Å². The van der Waals surface area contributed by atoms with E-state index in [2.05, 4.69) is 15.4 Å². The van der Waals surface area contributed by atoms with Crippen molar-refractivity contribution < 1.29 is 14.3 Å². The van der Waals surface area contributed by atoms with Gasteiger partial charge in [0.05, 0.1) is 20.2 Å². The smallest absolute Gasteiger partial charge is 0.319 e. The van der Waals surface area contributed by atoms with Gasteiger partial charge in [-0.05, 0) is 6.92 Å². The molecule has 2 N–H and O–H groups in total. The summed E-state index contributed by atoms with van der Waals surface area (Å²) in [5, 5.41) is 5.77. The quantitative estimate of drug-likeness (QED) is 0.393. The van der Waals surface area contributed by atoms with Crippen LogP contribution in [0.2, 0.25) is 0 Å². The van der Waals surface area contributed by atoms with Crippen LogP contribution in [0.1, 0.15) is 6.92 Å². The minimum atomic E-state index is -0.286. The lowest BCUT2D eigenvalue weighted by Gasteiger charge is -2.03. The number of esters is 1. The predicted molar refractivity (Wildman–Crippen MR) is 48.4 cm³/mol.